The van der Waals surface area contributed by atoms with Crippen LogP contribution in [0, 0.1) is 5.92 Å². The highest BCUT2D eigenvalue weighted by Crippen LogP contribution is 2.47. The zero-order chi connectivity index (χ0) is 38.3. The largest absolute Gasteiger partial charge is 0.379 e. The summed E-state index contributed by atoms with van der Waals surface area (Å²) in [6.45, 7) is 18.2. The van der Waals surface area contributed by atoms with Gasteiger partial charge >= 0.3 is 0 Å². The van der Waals surface area contributed by atoms with Crippen LogP contribution < -0.4 is 10.2 Å². The summed E-state index contributed by atoms with van der Waals surface area (Å²) in [4.78, 5) is 26.5. The molecule has 0 atom stereocenters. The Morgan fingerprint density at radius 1 is 0.755 bits per heavy atom. The van der Waals surface area contributed by atoms with Crippen molar-refractivity contribution < 1.29 is 33.1 Å². The molecule has 0 saturated carbocycles. The number of carbonyl (C=O) groups is 2. The lowest BCUT2D eigenvalue weighted by molar-refractivity contribution is -0.401. The number of hydrogen-bond acceptors (Lipinski definition) is 7. The molecule has 0 radical (unpaired) electrons. The fourth-order valence-corrected chi connectivity index (χ4v) is 7.22. The first-order chi connectivity index (χ1) is 25.5. The van der Waals surface area contributed by atoms with Crippen LogP contribution in [0.15, 0.2) is 72.5 Å². The predicted molar refractivity (Wildman–Crippen MR) is 214 cm³/mol. The van der Waals surface area contributed by atoms with Crippen molar-refractivity contribution in [3.63, 3.8) is 0 Å². The lowest BCUT2D eigenvalue weighted by Gasteiger charge is -2.27. The van der Waals surface area contributed by atoms with Gasteiger partial charge in [-0.25, -0.2) is 0 Å². The lowest BCUT2D eigenvalue weighted by Crippen LogP contribution is -2.28. The van der Waals surface area contributed by atoms with Gasteiger partial charge in [0.2, 0.25) is 11.6 Å². The zero-order valence-electron chi connectivity index (χ0n) is 33.4. The van der Waals surface area contributed by atoms with Crippen LogP contribution in [-0.4, -0.2) is 95.0 Å². The molecule has 0 aliphatic carbocycles. The summed E-state index contributed by atoms with van der Waals surface area (Å²) in [5.74, 6) is 0.336. The molecule has 0 fully saturated rings. The van der Waals surface area contributed by atoms with Crippen molar-refractivity contribution in [2.75, 3.05) is 77.9 Å². The van der Waals surface area contributed by atoms with Gasteiger partial charge in [0.25, 0.3) is 0 Å². The van der Waals surface area contributed by atoms with Gasteiger partial charge in [-0.3, -0.25) is 9.59 Å². The number of ketones is 1. The number of hydrogen-bond donors (Lipinski definition) is 1. The van der Waals surface area contributed by atoms with Crippen molar-refractivity contribution in [3.8, 4) is 0 Å². The van der Waals surface area contributed by atoms with Gasteiger partial charge in [0, 0.05) is 66.4 Å². The van der Waals surface area contributed by atoms with Gasteiger partial charge in [-0.2, -0.15) is 4.58 Å². The van der Waals surface area contributed by atoms with Crippen molar-refractivity contribution in [1.82, 2.24) is 5.32 Å². The molecule has 0 saturated heterocycles. The van der Waals surface area contributed by atoms with E-state index in [1.165, 1.54) is 33.9 Å². The summed E-state index contributed by atoms with van der Waals surface area (Å²) < 4.78 is 24.3. The van der Waals surface area contributed by atoms with Crippen LogP contribution in [0.25, 0.3) is 0 Å². The summed E-state index contributed by atoms with van der Waals surface area (Å²) in [6.07, 6.45) is 10.6. The highest BCUT2D eigenvalue weighted by molar-refractivity contribution is 6.03. The molecule has 290 valence electrons. The standard InChI is InChI=1S/C44H63N3O6/c1-34(2)39(48)23-26-50-28-30-52-32-33-53-31-29-51-27-24-45-42(49)22-9-8-14-25-47-38-19-13-11-17-36(38)44(5,6)41(47)21-15-20-40-43(3,4)35-16-10-12-18-37(35)46(40)7/h10-13,15-21,34H,8-9,14,22-33H2,1-7H3/p+1. The first-order valence-corrected chi connectivity index (χ1v) is 19.5. The Balaban J connectivity index is 1.09. The highest BCUT2D eigenvalue weighted by Gasteiger charge is 2.43. The molecule has 0 bridgehead atoms. The van der Waals surface area contributed by atoms with E-state index in [9.17, 15) is 9.59 Å². The van der Waals surface area contributed by atoms with Crippen LogP contribution in [0.5, 0.6) is 0 Å². The molecule has 2 aromatic rings. The van der Waals surface area contributed by atoms with E-state index in [1.54, 1.807) is 0 Å². The molecule has 53 heavy (non-hydrogen) atoms. The Labute approximate surface area is 318 Å². The SMILES string of the molecule is CC(C)C(=O)CCOCCOCCOCCOCCNC(=O)CCCCCN1/C(=C/C=C/C2=[N+](C)c3ccccc3C2(C)C)C(C)(C)c2ccccc21. The van der Waals surface area contributed by atoms with Gasteiger partial charge in [0.15, 0.2) is 5.71 Å². The van der Waals surface area contributed by atoms with E-state index in [2.05, 4.69) is 116 Å². The Kier molecular flexibility index (Phi) is 16.5. The van der Waals surface area contributed by atoms with Crippen LogP contribution in [0.3, 0.4) is 0 Å². The van der Waals surface area contributed by atoms with Gasteiger partial charge in [-0.05, 0) is 44.4 Å². The molecule has 0 aromatic heterocycles. The number of unbranched alkanes of at least 4 members (excludes halogenated alkanes) is 2. The fraction of sp³-hybridized carbons (Fsp3) is 0.568. The summed E-state index contributed by atoms with van der Waals surface area (Å²) in [5.41, 5.74) is 7.69. The summed E-state index contributed by atoms with van der Waals surface area (Å²) in [6, 6.07) is 17.4. The maximum Gasteiger partial charge on any atom is 0.220 e. The van der Waals surface area contributed by atoms with E-state index < -0.39 is 0 Å². The molecule has 0 unspecified atom stereocenters. The third kappa shape index (κ3) is 11.7. The molecule has 4 rings (SSSR count). The fourth-order valence-electron chi connectivity index (χ4n) is 7.22. The minimum Gasteiger partial charge on any atom is -0.379 e. The molecule has 0 spiro atoms. The van der Waals surface area contributed by atoms with E-state index >= 15 is 0 Å². The molecule has 9 nitrogen and oxygen atoms in total. The Hall–Kier alpha value is -3.63. The number of nitrogens with zero attached hydrogens (tertiary/aromatic N) is 2. The Morgan fingerprint density at radius 3 is 2.02 bits per heavy atom. The van der Waals surface area contributed by atoms with Crippen molar-refractivity contribution in [2.45, 2.75) is 84.5 Å². The van der Waals surface area contributed by atoms with Crippen molar-refractivity contribution in [3.05, 3.63) is 83.6 Å². The molecule has 2 aromatic carbocycles. The zero-order valence-corrected chi connectivity index (χ0v) is 33.4. The quantitative estimate of drug-likeness (QED) is 0.0897. The maximum atomic E-state index is 12.4. The number of para-hydroxylation sites is 2. The Morgan fingerprint density at radius 2 is 1.36 bits per heavy atom. The minimum absolute atomic E-state index is 0.0535. The molecule has 2 heterocycles. The highest BCUT2D eigenvalue weighted by atomic mass is 16.6. The molecular weight excluding hydrogens is 666 g/mol. The number of benzene rings is 2. The number of allylic oxidation sites excluding steroid dienone is 4. The minimum atomic E-state index is -0.110. The van der Waals surface area contributed by atoms with E-state index in [0.29, 0.717) is 72.2 Å². The average molecular weight is 731 g/mol. The second-order valence-electron chi connectivity index (χ2n) is 15.3. The second kappa shape index (κ2) is 20.7. The van der Waals surface area contributed by atoms with Gasteiger partial charge < -0.3 is 29.2 Å². The van der Waals surface area contributed by atoms with Crippen molar-refractivity contribution in [1.29, 1.82) is 0 Å². The van der Waals surface area contributed by atoms with E-state index in [1.807, 2.05) is 13.8 Å². The van der Waals surface area contributed by atoms with Crippen LogP contribution >= 0.6 is 0 Å². The summed E-state index contributed by atoms with van der Waals surface area (Å²) in [5, 5.41) is 2.97. The van der Waals surface area contributed by atoms with E-state index in [-0.39, 0.29) is 28.4 Å². The normalized spacial score (nSPS) is 16.6. The van der Waals surface area contributed by atoms with Gasteiger partial charge in [-0.1, -0.05) is 76.6 Å². The third-order valence-corrected chi connectivity index (χ3v) is 10.4. The van der Waals surface area contributed by atoms with Gasteiger partial charge in [-0.15, -0.1) is 0 Å². The van der Waals surface area contributed by atoms with E-state index in [4.69, 9.17) is 18.9 Å². The summed E-state index contributed by atoms with van der Waals surface area (Å²) in [7, 11) is 2.16. The number of Topliss-reactive ketones (excluding diaryl/α,β-unsaturated/α-hetero) is 1. The molecule has 9 heteroatoms. The molecule has 1 amide bonds. The monoisotopic (exact) mass is 730 g/mol. The van der Waals surface area contributed by atoms with Crippen molar-refractivity contribution >= 4 is 28.8 Å². The number of nitrogens with one attached hydrogen (secondary N) is 1. The average Bonchev–Trinajstić information content (AvgIpc) is 3.47. The third-order valence-electron chi connectivity index (χ3n) is 10.4. The predicted octanol–water partition coefficient (Wildman–Crippen LogP) is 7.29. The molecular formula is C44H64N3O6+. The second-order valence-corrected chi connectivity index (χ2v) is 15.3. The number of rotatable bonds is 24. The lowest BCUT2D eigenvalue weighted by atomic mass is 9.81. The van der Waals surface area contributed by atoms with Crippen LogP contribution in [0.2, 0.25) is 0 Å². The number of anilines is 1. The van der Waals surface area contributed by atoms with Gasteiger partial charge in [0.05, 0.1) is 58.3 Å². The van der Waals surface area contributed by atoms with E-state index in [0.717, 1.165) is 25.8 Å². The van der Waals surface area contributed by atoms with Gasteiger partial charge in [0.1, 0.15) is 12.8 Å². The topological polar surface area (TPSA) is 89.3 Å². The molecule has 1 N–H and O–H groups in total. The molecule has 2 aliphatic heterocycles. The van der Waals surface area contributed by atoms with Crippen LogP contribution in [0.4, 0.5) is 11.4 Å². The van der Waals surface area contributed by atoms with Crippen molar-refractivity contribution in [2.24, 2.45) is 5.92 Å². The Bertz CT molecular complexity index is 1590. The molecule has 2 aliphatic rings. The maximum absolute atomic E-state index is 12.4. The number of amides is 1. The summed E-state index contributed by atoms with van der Waals surface area (Å²) >= 11 is 0. The first kappa shape index (κ1) is 42.1. The van der Waals surface area contributed by atoms with Crippen LogP contribution in [-0.2, 0) is 39.4 Å². The number of fused-ring (bicyclic) bond motifs is 2. The first-order valence-electron chi connectivity index (χ1n) is 19.5. The number of carbonyl (C=O) groups excluding carboxylic acids is 2. The number of ether oxygens (including phenoxy) is 4. The smallest absolute Gasteiger partial charge is 0.220 e. The van der Waals surface area contributed by atoms with Crippen LogP contribution in [0.1, 0.15) is 84.8 Å².